The summed E-state index contributed by atoms with van der Waals surface area (Å²) in [6.07, 6.45) is 0.0320. The maximum absolute atomic E-state index is 13.1. The summed E-state index contributed by atoms with van der Waals surface area (Å²) in [4.78, 5) is 23.0. The number of hydrogen-bond donors (Lipinski definition) is 1. The zero-order valence-corrected chi connectivity index (χ0v) is 8.81. The van der Waals surface area contributed by atoms with Crippen LogP contribution in [0.1, 0.15) is 6.42 Å². The van der Waals surface area contributed by atoms with Crippen molar-refractivity contribution in [3.05, 3.63) is 12.7 Å². The number of carbonyl (C=O) groups is 2. The van der Waals surface area contributed by atoms with E-state index in [1.807, 2.05) is 0 Å². The number of carboxylic acid groups (broad SMARTS) is 1. The van der Waals surface area contributed by atoms with Crippen molar-refractivity contribution in [3.63, 3.8) is 0 Å². The topological polar surface area (TPSA) is 66.8 Å². The minimum absolute atomic E-state index is 0.134. The second-order valence-corrected chi connectivity index (χ2v) is 4.09. The Morgan fingerprint density at radius 1 is 1.59 bits per heavy atom. The van der Waals surface area contributed by atoms with Gasteiger partial charge in [-0.2, -0.15) is 0 Å². The molecule has 94 valence electrons. The first kappa shape index (κ1) is 11.8. The van der Waals surface area contributed by atoms with Gasteiger partial charge in [-0.05, 0) is 6.42 Å². The van der Waals surface area contributed by atoms with Gasteiger partial charge in [0.05, 0.1) is 5.92 Å². The van der Waals surface area contributed by atoms with Gasteiger partial charge in [0.2, 0.25) is 0 Å². The van der Waals surface area contributed by atoms with Gasteiger partial charge < -0.3 is 9.84 Å². The average Bonchev–Trinajstić information content (AvgIpc) is 2.66. The van der Waals surface area contributed by atoms with Crippen LogP contribution in [0.25, 0.3) is 0 Å². The Bertz CT molecular complexity index is 385. The van der Waals surface area contributed by atoms with Gasteiger partial charge in [0.15, 0.2) is 0 Å². The van der Waals surface area contributed by atoms with E-state index < -0.39 is 36.0 Å². The van der Waals surface area contributed by atoms with Crippen LogP contribution in [0.2, 0.25) is 0 Å². The van der Waals surface area contributed by atoms with Gasteiger partial charge in [0, 0.05) is 0 Å². The summed E-state index contributed by atoms with van der Waals surface area (Å²) >= 11 is 0. The lowest BCUT2D eigenvalue weighted by molar-refractivity contribution is -0.143. The summed E-state index contributed by atoms with van der Waals surface area (Å²) in [7, 11) is 0. The number of ether oxygens (including phenoxy) is 1. The molecule has 3 atom stereocenters. The molecule has 1 amide bonds. The molecule has 1 N–H and O–H groups in total. The molecule has 0 aromatic carbocycles. The van der Waals surface area contributed by atoms with Crippen LogP contribution in [0.15, 0.2) is 12.7 Å². The van der Waals surface area contributed by atoms with Gasteiger partial charge in [0.25, 0.3) is 5.92 Å². The maximum atomic E-state index is 13.1. The lowest BCUT2D eigenvalue weighted by Gasteiger charge is -2.24. The number of fused-ring (bicyclic) bond motifs is 1. The second kappa shape index (κ2) is 3.68. The fraction of sp³-hybridized carbons (Fsp3) is 0.600. The first-order chi connectivity index (χ1) is 7.91. The highest BCUT2D eigenvalue weighted by molar-refractivity contribution is 5.82. The summed E-state index contributed by atoms with van der Waals surface area (Å²) in [6.45, 7) is 3.18. The van der Waals surface area contributed by atoms with Crippen LogP contribution in [0, 0.1) is 5.92 Å². The molecule has 0 aromatic heterocycles. The Hall–Kier alpha value is -1.66. The molecule has 17 heavy (non-hydrogen) atoms. The van der Waals surface area contributed by atoms with E-state index in [1.54, 1.807) is 0 Å². The van der Waals surface area contributed by atoms with Gasteiger partial charge in [0.1, 0.15) is 18.7 Å². The molecule has 0 bridgehead atoms. The number of piperidine rings is 1. The smallest absolute Gasteiger partial charge is 0.411 e. The molecule has 1 saturated heterocycles. The third-order valence-corrected chi connectivity index (χ3v) is 3.09. The quantitative estimate of drug-likeness (QED) is 0.758. The largest absolute Gasteiger partial charge is 0.480 e. The number of carbonyl (C=O) groups excluding carboxylic acids is 1. The summed E-state index contributed by atoms with van der Waals surface area (Å²) in [5.74, 6) is -5.33. The summed E-state index contributed by atoms with van der Waals surface area (Å²) in [5, 5.41) is 8.85. The van der Waals surface area contributed by atoms with E-state index in [9.17, 15) is 18.4 Å². The van der Waals surface area contributed by atoms with E-state index in [-0.39, 0.29) is 13.0 Å². The van der Waals surface area contributed by atoms with Crippen LogP contribution in [0.5, 0.6) is 0 Å². The lowest BCUT2D eigenvalue weighted by atomic mass is 10.1. The molecular formula is C10H11F2NO4. The highest BCUT2D eigenvalue weighted by Crippen LogP contribution is 2.60. The zero-order chi connectivity index (χ0) is 12.8. The van der Waals surface area contributed by atoms with Gasteiger partial charge in [-0.3, -0.25) is 4.90 Å². The molecule has 1 heterocycles. The fourth-order valence-electron chi connectivity index (χ4n) is 2.25. The second-order valence-electron chi connectivity index (χ2n) is 4.09. The number of amides is 1. The lowest BCUT2D eigenvalue weighted by Crippen LogP contribution is -2.46. The Balaban J connectivity index is 2.12. The Morgan fingerprint density at radius 2 is 2.24 bits per heavy atom. The molecular weight excluding hydrogens is 236 g/mol. The summed E-state index contributed by atoms with van der Waals surface area (Å²) < 4.78 is 30.9. The van der Waals surface area contributed by atoms with Crippen molar-refractivity contribution in [3.8, 4) is 0 Å². The highest BCUT2D eigenvalue weighted by atomic mass is 19.3. The Morgan fingerprint density at radius 3 is 2.76 bits per heavy atom. The highest BCUT2D eigenvalue weighted by Gasteiger charge is 2.77. The van der Waals surface area contributed by atoms with Gasteiger partial charge in [-0.1, -0.05) is 12.7 Å². The first-order valence-corrected chi connectivity index (χ1v) is 5.07. The standard InChI is InChI=1S/C10H11F2NO4/c1-2-3-17-9(16)13-6(8(14)15)4-5-7(13)10(5,11)12/h2,5-7H,1,3-4H2,(H,14,15)/t5-,6-,7+/m0/s1. The van der Waals surface area contributed by atoms with E-state index in [0.29, 0.717) is 4.90 Å². The number of rotatable bonds is 3. The molecule has 1 aliphatic heterocycles. The summed E-state index contributed by atoms with van der Waals surface area (Å²) in [6, 6.07) is -2.55. The van der Waals surface area contributed by atoms with E-state index in [2.05, 4.69) is 11.3 Å². The van der Waals surface area contributed by atoms with E-state index in [4.69, 9.17) is 5.11 Å². The molecule has 7 heteroatoms. The number of carboxylic acids is 1. The number of halogens is 2. The van der Waals surface area contributed by atoms with Crippen molar-refractivity contribution < 1.29 is 28.2 Å². The first-order valence-electron chi connectivity index (χ1n) is 5.07. The number of aliphatic carboxylic acids is 1. The van der Waals surface area contributed by atoms with Crippen LogP contribution in [-0.4, -0.2) is 46.7 Å². The van der Waals surface area contributed by atoms with Crippen LogP contribution >= 0.6 is 0 Å². The van der Waals surface area contributed by atoms with Gasteiger partial charge >= 0.3 is 12.1 Å². The Labute approximate surface area is 95.6 Å². The third-order valence-electron chi connectivity index (χ3n) is 3.09. The predicted molar refractivity (Wildman–Crippen MR) is 51.6 cm³/mol. The molecule has 5 nitrogen and oxygen atoms in total. The van der Waals surface area contributed by atoms with Crippen molar-refractivity contribution in [2.24, 2.45) is 5.92 Å². The SMILES string of the molecule is C=CCOC(=O)N1[C@H](C(=O)O)C[C@H]2[C@@H]1C2(F)F. The number of hydrogen-bond acceptors (Lipinski definition) is 3. The predicted octanol–water partition coefficient (Wildman–Crippen LogP) is 1.10. The average molecular weight is 247 g/mol. The monoisotopic (exact) mass is 247 g/mol. The van der Waals surface area contributed by atoms with Crippen LogP contribution in [0.4, 0.5) is 13.6 Å². The van der Waals surface area contributed by atoms with E-state index >= 15 is 0 Å². The third kappa shape index (κ3) is 1.65. The molecule has 2 aliphatic rings. The van der Waals surface area contributed by atoms with E-state index in [0.717, 1.165) is 0 Å². The molecule has 1 saturated carbocycles. The van der Waals surface area contributed by atoms with Crippen LogP contribution < -0.4 is 0 Å². The minimum Gasteiger partial charge on any atom is -0.480 e. The maximum Gasteiger partial charge on any atom is 0.411 e. The van der Waals surface area contributed by atoms with Crippen molar-refractivity contribution in [2.45, 2.75) is 24.4 Å². The molecule has 1 aliphatic carbocycles. The molecule has 0 aromatic rings. The molecule has 0 spiro atoms. The number of likely N-dealkylation sites (tertiary alicyclic amines) is 1. The molecule has 0 unspecified atom stereocenters. The minimum atomic E-state index is -2.99. The molecule has 2 rings (SSSR count). The van der Waals surface area contributed by atoms with Crippen molar-refractivity contribution in [2.75, 3.05) is 6.61 Å². The van der Waals surface area contributed by atoms with Crippen molar-refractivity contribution in [1.82, 2.24) is 4.90 Å². The van der Waals surface area contributed by atoms with Crippen molar-refractivity contribution in [1.29, 1.82) is 0 Å². The molecule has 2 fully saturated rings. The van der Waals surface area contributed by atoms with Crippen molar-refractivity contribution >= 4 is 12.1 Å². The van der Waals surface area contributed by atoms with E-state index in [1.165, 1.54) is 6.08 Å². The van der Waals surface area contributed by atoms with Gasteiger partial charge in [-0.15, -0.1) is 0 Å². The summed E-state index contributed by atoms with van der Waals surface area (Å²) in [5.41, 5.74) is 0. The molecule has 0 radical (unpaired) electrons. The van der Waals surface area contributed by atoms with Crippen LogP contribution in [0.3, 0.4) is 0 Å². The Kier molecular flexibility index (Phi) is 2.56. The van der Waals surface area contributed by atoms with Crippen LogP contribution in [-0.2, 0) is 9.53 Å². The number of alkyl halides is 2. The zero-order valence-electron chi connectivity index (χ0n) is 8.81. The normalized spacial score (nSPS) is 32.8. The number of nitrogens with zero attached hydrogens (tertiary/aromatic N) is 1. The fourth-order valence-corrected chi connectivity index (χ4v) is 2.25. The van der Waals surface area contributed by atoms with Gasteiger partial charge in [-0.25, -0.2) is 18.4 Å².